The Morgan fingerprint density at radius 3 is 2.40 bits per heavy atom. The highest BCUT2D eigenvalue weighted by Gasteiger charge is 2.19. The molecule has 0 spiro atoms. The monoisotopic (exact) mass is 380 g/mol. The maximum atomic E-state index is 12.3. The van der Waals surface area contributed by atoms with Crippen LogP contribution >= 0.6 is 23.4 Å². The van der Waals surface area contributed by atoms with Gasteiger partial charge in [-0.25, -0.2) is 9.97 Å². The van der Waals surface area contributed by atoms with Crippen LogP contribution in [-0.4, -0.2) is 26.0 Å². The second-order valence-corrected chi connectivity index (χ2v) is 7.19. The molecule has 25 heavy (non-hydrogen) atoms. The molecule has 0 aliphatic carbocycles. The molecule has 1 aromatic carbocycles. The SMILES string of the molecule is Cc1nc(S[C@@H](C)C(=O)Nc2ccc([N+](=O)[O-])cc2Cl)nc(C)c1C. The van der Waals surface area contributed by atoms with Gasteiger partial charge < -0.3 is 5.32 Å². The zero-order valence-corrected chi connectivity index (χ0v) is 15.7. The van der Waals surface area contributed by atoms with Crippen molar-refractivity contribution in [2.45, 2.75) is 38.1 Å². The number of halogens is 1. The summed E-state index contributed by atoms with van der Waals surface area (Å²) in [5.74, 6) is -0.291. The standard InChI is InChI=1S/C16H17ClN4O3S/c1-8-9(2)18-16(19-10(8)3)25-11(4)15(22)20-14-6-5-12(21(23)24)7-13(14)17/h5-7,11H,1-4H3,(H,20,22)/t11-/m0/s1. The number of carbonyl (C=O) groups excluding carboxylic acids is 1. The number of thioether (sulfide) groups is 1. The number of nitro groups is 1. The van der Waals surface area contributed by atoms with Crippen molar-refractivity contribution in [3.8, 4) is 0 Å². The summed E-state index contributed by atoms with van der Waals surface area (Å²) in [5.41, 5.74) is 2.97. The molecule has 132 valence electrons. The third-order valence-electron chi connectivity index (χ3n) is 3.68. The van der Waals surface area contributed by atoms with Gasteiger partial charge in [0.25, 0.3) is 5.69 Å². The number of non-ortho nitro benzene ring substituents is 1. The van der Waals surface area contributed by atoms with Gasteiger partial charge in [-0.3, -0.25) is 14.9 Å². The number of nitrogens with zero attached hydrogens (tertiary/aromatic N) is 3. The van der Waals surface area contributed by atoms with Gasteiger partial charge in [-0.1, -0.05) is 23.4 Å². The van der Waals surface area contributed by atoms with E-state index < -0.39 is 10.2 Å². The second kappa shape index (κ2) is 7.79. The number of anilines is 1. The first-order chi connectivity index (χ1) is 11.7. The van der Waals surface area contributed by atoms with Crippen molar-refractivity contribution in [3.05, 3.63) is 50.3 Å². The number of hydrogen-bond acceptors (Lipinski definition) is 6. The van der Waals surface area contributed by atoms with Gasteiger partial charge in [-0.15, -0.1) is 0 Å². The molecule has 0 saturated heterocycles. The summed E-state index contributed by atoms with van der Waals surface area (Å²) < 4.78 is 0. The van der Waals surface area contributed by atoms with Gasteiger partial charge >= 0.3 is 0 Å². The third-order valence-corrected chi connectivity index (χ3v) is 4.96. The maximum absolute atomic E-state index is 12.3. The quantitative estimate of drug-likeness (QED) is 0.363. The Kier molecular flexibility index (Phi) is 5.97. The summed E-state index contributed by atoms with van der Waals surface area (Å²) in [4.78, 5) is 31.3. The van der Waals surface area contributed by atoms with E-state index in [2.05, 4.69) is 15.3 Å². The Labute approximate surface area is 154 Å². The first kappa shape index (κ1) is 19.1. The molecule has 9 heteroatoms. The van der Waals surface area contributed by atoms with E-state index >= 15 is 0 Å². The van der Waals surface area contributed by atoms with Gasteiger partial charge in [-0.05, 0) is 39.3 Å². The van der Waals surface area contributed by atoms with Crippen LogP contribution in [0.4, 0.5) is 11.4 Å². The molecule has 1 heterocycles. The molecule has 0 bridgehead atoms. The number of carbonyl (C=O) groups is 1. The first-order valence-electron chi connectivity index (χ1n) is 7.42. The lowest BCUT2D eigenvalue weighted by atomic mass is 10.2. The summed E-state index contributed by atoms with van der Waals surface area (Å²) in [6.45, 7) is 7.48. The minimum Gasteiger partial charge on any atom is -0.324 e. The van der Waals surface area contributed by atoms with Crippen LogP contribution in [0.3, 0.4) is 0 Å². The summed E-state index contributed by atoms with van der Waals surface area (Å²) >= 11 is 7.23. The Morgan fingerprint density at radius 2 is 1.88 bits per heavy atom. The van der Waals surface area contributed by atoms with Crippen LogP contribution in [0.5, 0.6) is 0 Å². The predicted octanol–water partition coefficient (Wildman–Crippen LogP) is 4.08. The minimum absolute atomic E-state index is 0.109. The second-order valence-electron chi connectivity index (χ2n) is 5.47. The third kappa shape index (κ3) is 4.67. The summed E-state index contributed by atoms with van der Waals surface area (Å²) in [6, 6.07) is 3.90. The Bertz CT molecular complexity index is 821. The number of benzene rings is 1. The van der Waals surface area contributed by atoms with E-state index in [-0.39, 0.29) is 16.6 Å². The van der Waals surface area contributed by atoms with E-state index in [1.54, 1.807) is 6.92 Å². The number of amides is 1. The topological polar surface area (TPSA) is 98.0 Å². The molecular formula is C16H17ClN4O3S. The van der Waals surface area contributed by atoms with Crippen LogP contribution in [0, 0.1) is 30.9 Å². The number of nitrogens with one attached hydrogen (secondary N) is 1. The summed E-state index contributed by atoms with van der Waals surface area (Å²) in [7, 11) is 0. The molecule has 7 nitrogen and oxygen atoms in total. The lowest BCUT2D eigenvalue weighted by Crippen LogP contribution is -2.23. The Morgan fingerprint density at radius 1 is 1.28 bits per heavy atom. The highest BCUT2D eigenvalue weighted by atomic mass is 35.5. The van der Waals surface area contributed by atoms with Crippen LogP contribution in [0.2, 0.25) is 5.02 Å². The van der Waals surface area contributed by atoms with E-state index in [4.69, 9.17) is 11.6 Å². The lowest BCUT2D eigenvalue weighted by molar-refractivity contribution is -0.384. The van der Waals surface area contributed by atoms with Crippen molar-refractivity contribution in [1.82, 2.24) is 9.97 Å². The van der Waals surface area contributed by atoms with Crippen molar-refractivity contribution < 1.29 is 9.72 Å². The van der Waals surface area contributed by atoms with Gasteiger partial charge in [0.15, 0.2) is 5.16 Å². The highest BCUT2D eigenvalue weighted by Crippen LogP contribution is 2.28. The zero-order valence-electron chi connectivity index (χ0n) is 14.2. The van der Waals surface area contributed by atoms with Crippen molar-refractivity contribution in [1.29, 1.82) is 0 Å². The van der Waals surface area contributed by atoms with Gasteiger partial charge in [0.1, 0.15) is 0 Å². The molecule has 0 saturated carbocycles. The van der Waals surface area contributed by atoms with Crippen LogP contribution in [-0.2, 0) is 4.79 Å². The molecule has 0 aliphatic heterocycles. The molecule has 0 aliphatic rings. The maximum Gasteiger partial charge on any atom is 0.271 e. The molecule has 1 N–H and O–H groups in total. The number of nitro benzene ring substituents is 1. The van der Waals surface area contributed by atoms with E-state index in [0.717, 1.165) is 17.0 Å². The number of hydrogen-bond donors (Lipinski definition) is 1. The minimum atomic E-state index is -0.546. The first-order valence-corrected chi connectivity index (χ1v) is 8.68. The number of aryl methyl sites for hydroxylation is 2. The molecule has 0 fully saturated rings. The normalized spacial score (nSPS) is 11.9. The Hall–Kier alpha value is -2.19. The van der Waals surface area contributed by atoms with Gasteiger partial charge in [0.05, 0.1) is 20.9 Å². The molecule has 1 amide bonds. The highest BCUT2D eigenvalue weighted by molar-refractivity contribution is 8.00. The molecule has 2 aromatic rings. The van der Waals surface area contributed by atoms with Gasteiger partial charge in [0.2, 0.25) is 5.91 Å². The van der Waals surface area contributed by atoms with Crippen molar-refractivity contribution in [3.63, 3.8) is 0 Å². The van der Waals surface area contributed by atoms with Gasteiger partial charge in [-0.2, -0.15) is 0 Å². The molecule has 1 aromatic heterocycles. The fourth-order valence-corrected chi connectivity index (χ4v) is 3.04. The van der Waals surface area contributed by atoms with Crippen molar-refractivity contribution in [2.75, 3.05) is 5.32 Å². The largest absolute Gasteiger partial charge is 0.324 e. The fourth-order valence-electron chi connectivity index (χ4n) is 1.96. The van der Waals surface area contributed by atoms with E-state index in [9.17, 15) is 14.9 Å². The number of aromatic nitrogens is 2. The molecular weight excluding hydrogens is 364 g/mol. The van der Waals surface area contributed by atoms with E-state index in [1.165, 1.54) is 30.0 Å². The fraction of sp³-hybridized carbons (Fsp3) is 0.312. The molecule has 1 atom stereocenters. The lowest BCUT2D eigenvalue weighted by Gasteiger charge is -2.13. The molecule has 0 unspecified atom stereocenters. The predicted molar refractivity (Wildman–Crippen MR) is 98.3 cm³/mol. The average Bonchev–Trinajstić information content (AvgIpc) is 2.54. The smallest absolute Gasteiger partial charge is 0.271 e. The molecule has 2 rings (SSSR count). The van der Waals surface area contributed by atoms with Gasteiger partial charge in [0, 0.05) is 23.5 Å². The van der Waals surface area contributed by atoms with Crippen molar-refractivity contribution >= 4 is 40.6 Å². The van der Waals surface area contributed by atoms with Crippen molar-refractivity contribution in [2.24, 2.45) is 0 Å². The van der Waals surface area contributed by atoms with Crippen LogP contribution in [0.15, 0.2) is 23.4 Å². The zero-order chi connectivity index (χ0) is 18.7. The van der Waals surface area contributed by atoms with Crippen LogP contribution < -0.4 is 5.32 Å². The van der Waals surface area contributed by atoms with Crippen LogP contribution in [0.1, 0.15) is 23.9 Å². The summed E-state index contributed by atoms with van der Waals surface area (Å²) in [6.07, 6.45) is 0. The van der Waals surface area contributed by atoms with E-state index in [0.29, 0.717) is 10.8 Å². The molecule has 0 radical (unpaired) electrons. The van der Waals surface area contributed by atoms with Crippen LogP contribution in [0.25, 0.3) is 0 Å². The number of rotatable bonds is 5. The summed E-state index contributed by atoms with van der Waals surface area (Å²) in [5, 5.41) is 13.6. The Balaban J connectivity index is 2.09. The van der Waals surface area contributed by atoms with E-state index in [1.807, 2.05) is 20.8 Å². The average molecular weight is 381 g/mol.